The first-order valence-corrected chi connectivity index (χ1v) is 12.1. The summed E-state index contributed by atoms with van der Waals surface area (Å²) in [4.78, 5) is 15.7. The summed E-state index contributed by atoms with van der Waals surface area (Å²) in [6.07, 6.45) is 11.3. The average molecular weight is 442 g/mol. The number of nitrogens with zero attached hydrogens (tertiary/aromatic N) is 2. The van der Waals surface area contributed by atoms with E-state index in [1.165, 1.54) is 18.4 Å². The summed E-state index contributed by atoms with van der Waals surface area (Å²) in [5.41, 5.74) is 4.48. The van der Waals surface area contributed by atoms with Crippen molar-refractivity contribution < 1.29 is 4.79 Å². The molecule has 1 fully saturated rings. The van der Waals surface area contributed by atoms with Gasteiger partial charge >= 0.3 is 0 Å². The van der Waals surface area contributed by atoms with E-state index in [4.69, 9.17) is 6.42 Å². The fourth-order valence-electron chi connectivity index (χ4n) is 4.98. The average Bonchev–Trinajstić information content (AvgIpc) is 3.18. The molecule has 0 amide bonds. The van der Waals surface area contributed by atoms with Gasteiger partial charge in [-0.25, -0.2) is 0 Å². The predicted octanol–water partition coefficient (Wildman–Crippen LogP) is 5.34. The van der Waals surface area contributed by atoms with Crippen molar-refractivity contribution in [2.24, 2.45) is 13.0 Å². The van der Waals surface area contributed by atoms with Crippen molar-refractivity contribution in [2.75, 3.05) is 19.6 Å². The van der Waals surface area contributed by atoms with Crippen LogP contribution in [0.2, 0.25) is 0 Å². The zero-order valence-electron chi connectivity index (χ0n) is 19.9. The fraction of sp³-hybridized carbons (Fsp3) is 0.414. The monoisotopic (exact) mass is 441 g/mol. The van der Waals surface area contributed by atoms with E-state index in [1.54, 1.807) is 0 Å². The van der Waals surface area contributed by atoms with E-state index < -0.39 is 0 Å². The molecule has 1 unspecified atom stereocenters. The Hall–Kier alpha value is -2.87. The predicted molar refractivity (Wildman–Crippen MR) is 136 cm³/mol. The molecule has 0 aliphatic carbocycles. The number of ketones is 1. The van der Waals surface area contributed by atoms with Crippen LogP contribution in [-0.4, -0.2) is 34.9 Å². The zero-order chi connectivity index (χ0) is 23.2. The third-order valence-corrected chi connectivity index (χ3v) is 7.06. The molecule has 0 bridgehead atoms. The van der Waals surface area contributed by atoms with Crippen LogP contribution in [0.25, 0.3) is 10.9 Å². The van der Waals surface area contributed by atoms with Crippen molar-refractivity contribution >= 4 is 16.7 Å². The zero-order valence-corrected chi connectivity index (χ0v) is 19.9. The van der Waals surface area contributed by atoms with Gasteiger partial charge in [0.25, 0.3) is 0 Å². The van der Waals surface area contributed by atoms with Crippen LogP contribution in [0.4, 0.5) is 0 Å². The lowest BCUT2D eigenvalue weighted by atomic mass is 9.90. The Morgan fingerprint density at radius 3 is 2.67 bits per heavy atom. The molecular formula is C29H35N3O. The molecule has 4 heteroatoms. The van der Waals surface area contributed by atoms with Crippen LogP contribution in [-0.2, 0) is 13.6 Å². The molecule has 1 aliphatic rings. The molecule has 4 nitrogen and oxygen atoms in total. The maximum atomic E-state index is 13.2. The number of aromatic nitrogens is 1. The number of piperidine rings is 1. The van der Waals surface area contributed by atoms with E-state index in [9.17, 15) is 4.79 Å². The van der Waals surface area contributed by atoms with E-state index in [2.05, 4.69) is 76.2 Å². The Balaban J connectivity index is 1.35. The summed E-state index contributed by atoms with van der Waals surface area (Å²) in [6.45, 7) is 5.90. The number of terminal acetylenes is 1. The molecule has 1 N–H and O–H groups in total. The molecule has 2 heterocycles. The normalized spacial score (nSPS) is 16.0. The minimum atomic E-state index is 0.148. The summed E-state index contributed by atoms with van der Waals surface area (Å²) >= 11 is 0. The third-order valence-electron chi connectivity index (χ3n) is 7.06. The van der Waals surface area contributed by atoms with Gasteiger partial charge < -0.3 is 4.57 Å². The van der Waals surface area contributed by atoms with Crippen LogP contribution < -0.4 is 5.32 Å². The SMILES string of the molecule is C#CCNC(C)c1ccc2c(c1)c(C(=O)CCC1CCN(Cc3ccccc3)CC1)cn2C. The maximum absolute atomic E-state index is 13.2. The molecule has 4 rings (SSSR count). The van der Waals surface area contributed by atoms with E-state index in [0.29, 0.717) is 18.9 Å². The number of hydrogen-bond acceptors (Lipinski definition) is 3. The Labute approximate surface area is 198 Å². The highest BCUT2D eigenvalue weighted by molar-refractivity contribution is 6.08. The molecular weight excluding hydrogens is 406 g/mol. The molecule has 1 aliphatic heterocycles. The highest BCUT2D eigenvalue weighted by Gasteiger charge is 2.22. The molecule has 1 saturated heterocycles. The number of rotatable bonds is 9. The van der Waals surface area contributed by atoms with Crippen molar-refractivity contribution in [1.82, 2.24) is 14.8 Å². The Morgan fingerprint density at radius 2 is 1.94 bits per heavy atom. The van der Waals surface area contributed by atoms with E-state index in [1.807, 2.05) is 13.2 Å². The number of Topliss-reactive ketones (excluding diaryl/α,β-unsaturated/α-hetero) is 1. The highest BCUT2D eigenvalue weighted by atomic mass is 16.1. The molecule has 2 aromatic carbocycles. The topological polar surface area (TPSA) is 37.3 Å². The lowest BCUT2D eigenvalue weighted by Gasteiger charge is -2.32. The van der Waals surface area contributed by atoms with E-state index >= 15 is 0 Å². The quantitative estimate of drug-likeness (QED) is 0.360. The molecule has 0 radical (unpaired) electrons. The van der Waals surface area contributed by atoms with Gasteiger partial charge in [0.1, 0.15) is 0 Å². The van der Waals surface area contributed by atoms with Gasteiger partial charge in [-0.3, -0.25) is 15.0 Å². The molecule has 0 spiro atoms. The molecule has 33 heavy (non-hydrogen) atoms. The molecule has 3 aromatic rings. The summed E-state index contributed by atoms with van der Waals surface area (Å²) in [5, 5.41) is 4.37. The second kappa shape index (κ2) is 10.8. The first kappa shape index (κ1) is 23.3. The first-order chi connectivity index (χ1) is 16.0. The third kappa shape index (κ3) is 5.74. The van der Waals surface area contributed by atoms with Crippen LogP contribution in [0.5, 0.6) is 0 Å². The minimum absolute atomic E-state index is 0.148. The van der Waals surface area contributed by atoms with Crippen LogP contribution in [0.3, 0.4) is 0 Å². The first-order valence-electron chi connectivity index (χ1n) is 12.1. The Kier molecular flexibility index (Phi) is 7.65. The number of carbonyl (C=O) groups is 1. The smallest absolute Gasteiger partial charge is 0.165 e. The summed E-state index contributed by atoms with van der Waals surface area (Å²) in [6, 6.07) is 17.2. The molecule has 1 atom stereocenters. The van der Waals surface area contributed by atoms with Crippen molar-refractivity contribution in [3.8, 4) is 12.3 Å². The van der Waals surface area contributed by atoms with Crippen LogP contribution >= 0.6 is 0 Å². The number of nitrogens with one attached hydrogen (secondary N) is 1. The van der Waals surface area contributed by atoms with Crippen LogP contribution in [0.1, 0.15) is 60.1 Å². The standard InChI is InChI=1S/C29H35N3O/c1-4-16-30-22(2)25-11-12-28-26(19-25)27(21-31(28)3)29(33)13-10-23-14-17-32(18-15-23)20-24-8-6-5-7-9-24/h1,5-9,11-12,19,21-23,30H,10,13-18,20H2,2-3H3. The Morgan fingerprint density at radius 1 is 1.18 bits per heavy atom. The highest BCUT2D eigenvalue weighted by Crippen LogP contribution is 2.28. The van der Waals surface area contributed by atoms with Gasteiger partial charge in [-0.2, -0.15) is 0 Å². The molecule has 0 saturated carbocycles. The lowest BCUT2D eigenvalue weighted by molar-refractivity contribution is 0.0963. The van der Waals surface area contributed by atoms with Gasteiger partial charge in [0.15, 0.2) is 5.78 Å². The van der Waals surface area contributed by atoms with Crippen LogP contribution in [0, 0.1) is 18.3 Å². The molecule has 172 valence electrons. The number of likely N-dealkylation sites (tertiary alicyclic amines) is 1. The van der Waals surface area contributed by atoms with Gasteiger partial charge in [0.2, 0.25) is 0 Å². The van der Waals surface area contributed by atoms with Crippen molar-refractivity contribution in [1.29, 1.82) is 0 Å². The van der Waals surface area contributed by atoms with Crippen molar-refractivity contribution in [3.63, 3.8) is 0 Å². The second-order valence-corrected chi connectivity index (χ2v) is 9.40. The number of hydrogen-bond donors (Lipinski definition) is 1. The summed E-state index contributed by atoms with van der Waals surface area (Å²) in [7, 11) is 2.02. The van der Waals surface area contributed by atoms with Crippen molar-refractivity contribution in [3.05, 3.63) is 71.4 Å². The maximum Gasteiger partial charge on any atom is 0.165 e. The van der Waals surface area contributed by atoms with Gasteiger partial charge in [0, 0.05) is 48.7 Å². The fourth-order valence-corrected chi connectivity index (χ4v) is 4.98. The number of benzene rings is 2. The molecule has 1 aromatic heterocycles. The van der Waals surface area contributed by atoms with E-state index in [0.717, 1.165) is 48.1 Å². The van der Waals surface area contributed by atoms with Gasteiger partial charge in [0.05, 0.1) is 6.54 Å². The minimum Gasteiger partial charge on any atom is -0.350 e. The number of carbonyl (C=O) groups excluding carboxylic acids is 1. The van der Waals surface area contributed by atoms with Gasteiger partial charge in [-0.05, 0) is 68.5 Å². The summed E-state index contributed by atoms with van der Waals surface area (Å²) in [5.74, 6) is 3.53. The lowest BCUT2D eigenvalue weighted by Crippen LogP contribution is -2.33. The van der Waals surface area contributed by atoms with Gasteiger partial charge in [-0.1, -0.05) is 42.3 Å². The van der Waals surface area contributed by atoms with Crippen LogP contribution in [0.15, 0.2) is 54.7 Å². The van der Waals surface area contributed by atoms with Crippen molar-refractivity contribution in [2.45, 2.75) is 45.2 Å². The largest absolute Gasteiger partial charge is 0.350 e. The van der Waals surface area contributed by atoms with Gasteiger partial charge in [-0.15, -0.1) is 6.42 Å². The number of aryl methyl sites for hydroxylation is 1. The second-order valence-electron chi connectivity index (χ2n) is 9.40. The Bertz CT molecular complexity index is 1120. The summed E-state index contributed by atoms with van der Waals surface area (Å²) < 4.78 is 2.06. The number of fused-ring (bicyclic) bond motifs is 1. The van der Waals surface area contributed by atoms with E-state index in [-0.39, 0.29) is 11.8 Å².